The number of quaternary nitrogens is 1. The third-order valence-electron chi connectivity index (χ3n) is 16.0. The smallest absolute Gasteiger partial charge is 0.361 e. The second-order valence-corrected chi connectivity index (χ2v) is 25.9. The van der Waals surface area contributed by atoms with Crippen molar-refractivity contribution < 1.29 is 42.9 Å². The normalized spacial score (nSPS) is 13.3. The van der Waals surface area contributed by atoms with E-state index in [0.29, 0.717) is 17.4 Å². The van der Waals surface area contributed by atoms with Crippen LogP contribution in [-0.4, -0.2) is 87.4 Å². The van der Waals surface area contributed by atoms with E-state index >= 15 is 0 Å². The largest absolute Gasteiger partial charge is 0.477 e. The van der Waals surface area contributed by atoms with Crippen molar-refractivity contribution in [3.63, 3.8) is 0 Å². The van der Waals surface area contributed by atoms with Gasteiger partial charge in [0.05, 0.1) is 34.4 Å². The van der Waals surface area contributed by atoms with Gasteiger partial charge in [-0.1, -0.05) is 316 Å². The van der Waals surface area contributed by atoms with Gasteiger partial charge in [0.2, 0.25) is 0 Å². The van der Waals surface area contributed by atoms with E-state index in [9.17, 15) is 19.5 Å². The van der Waals surface area contributed by atoms with Crippen molar-refractivity contribution in [1.29, 1.82) is 0 Å². The fourth-order valence-electron chi connectivity index (χ4n) is 10.4. The van der Waals surface area contributed by atoms with Crippen molar-refractivity contribution in [2.45, 2.75) is 334 Å². The van der Waals surface area contributed by atoms with E-state index in [0.717, 1.165) is 89.9 Å². The van der Waals surface area contributed by atoms with Gasteiger partial charge in [0.1, 0.15) is 13.2 Å². The van der Waals surface area contributed by atoms with Crippen molar-refractivity contribution in [3.05, 3.63) is 109 Å². The van der Waals surface area contributed by atoms with Gasteiger partial charge in [0.25, 0.3) is 6.29 Å². The summed E-state index contributed by atoms with van der Waals surface area (Å²) in [4.78, 5) is 37.7. The monoisotopic (exact) mass is 1240 g/mol. The molecule has 1 N–H and O–H groups in total. The van der Waals surface area contributed by atoms with Crippen LogP contribution in [0, 0.1) is 0 Å². The molecule has 2 atom stereocenters. The van der Waals surface area contributed by atoms with Gasteiger partial charge in [0, 0.05) is 12.8 Å². The summed E-state index contributed by atoms with van der Waals surface area (Å²) in [5.74, 6) is -1.99. The van der Waals surface area contributed by atoms with Gasteiger partial charge in [-0.15, -0.1) is 0 Å². The third-order valence-corrected chi connectivity index (χ3v) is 16.0. The number of aliphatic carboxylic acids is 1. The van der Waals surface area contributed by atoms with Gasteiger partial charge in [-0.3, -0.25) is 9.59 Å². The molecule has 0 fully saturated rings. The van der Waals surface area contributed by atoms with E-state index in [1.165, 1.54) is 205 Å². The number of nitrogens with zero attached hydrogens (tertiary/aromatic N) is 1. The summed E-state index contributed by atoms with van der Waals surface area (Å²) in [5.41, 5.74) is 0. The number of esters is 2. The second-order valence-electron chi connectivity index (χ2n) is 25.9. The predicted octanol–water partition coefficient (Wildman–Crippen LogP) is 23.4. The lowest BCUT2D eigenvalue weighted by atomic mass is 10.0. The molecule has 0 saturated carbocycles. The minimum Gasteiger partial charge on any atom is -0.477 e. The highest BCUT2D eigenvalue weighted by molar-refractivity contribution is 5.71. The van der Waals surface area contributed by atoms with Gasteiger partial charge in [-0.2, -0.15) is 0 Å². The zero-order chi connectivity index (χ0) is 64.7. The number of hydrogen-bond acceptors (Lipinski definition) is 7. The molecule has 0 heterocycles. The fraction of sp³-hybridized carbons (Fsp3) is 0.738. The summed E-state index contributed by atoms with van der Waals surface area (Å²) < 4.78 is 23.0. The van der Waals surface area contributed by atoms with Gasteiger partial charge in [-0.25, -0.2) is 4.79 Å². The molecule has 89 heavy (non-hydrogen) atoms. The first kappa shape index (κ1) is 85.0. The van der Waals surface area contributed by atoms with Gasteiger partial charge in [0.15, 0.2) is 6.10 Å². The molecule has 0 amide bonds. The molecular weight excluding hydrogens is 1100 g/mol. The van der Waals surface area contributed by atoms with E-state index < -0.39 is 24.3 Å². The Morgan fingerprint density at radius 2 is 0.640 bits per heavy atom. The number of carboxylic acids is 1. The van der Waals surface area contributed by atoms with Crippen LogP contribution in [0.2, 0.25) is 0 Å². The highest BCUT2D eigenvalue weighted by atomic mass is 16.7. The SMILES string of the molecule is CC/C=C\C/C=C\C/C=C\C/C=C\C/C=C\C/C=C\C/C=C\CCCCCCCCCCCCCCCCCC(=O)OC(COC(=O)CCCCCCCCCCCCCCCCC/C=C\C/C=C\CCCCCCC)COC(OCC[N+](C)(C)C)C(=O)O. The Hall–Kier alpha value is -4.05. The molecule has 9 nitrogen and oxygen atoms in total. The Labute approximate surface area is 549 Å². The molecule has 0 aromatic carbocycles. The van der Waals surface area contributed by atoms with Crippen molar-refractivity contribution in [1.82, 2.24) is 0 Å². The first-order valence-corrected chi connectivity index (χ1v) is 37.1. The number of carbonyl (C=O) groups excluding carboxylic acids is 2. The van der Waals surface area contributed by atoms with Gasteiger partial charge in [-0.05, 0) is 103 Å². The van der Waals surface area contributed by atoms with Crippen LogP contribution in [0.5, 0.6) is 0 Å². The van der Waals surface area contributed by atoms with E-state index in [4.69, 9.17) is 18.9 Å². The minimum atomic E-state index is -1.51. The molecule has 0 aromatic heterocycles. The Bertz CT molecular complexity index is 1830. The van der Waals surface area contributed by atoms with Crippen LogP contribution in [-0.2, 0) is 33.3 Å². The molecule has 0 bridgehead atoms. The Kier molecular flexibility index (Phi) is 66.7. The van der Waals surface area contributed by atoms with Crippen LogP contribution < -0.4 is 0 Å². The summed E-state index contributed by atoms with van der Waals surface area (Å²) in [6, 6.07) is 0. The van der Waals surface area contributed by atoms with Crippen LogP contribution in [0.25, 0.3) is 0 Å². The molecule has 2 unspecified atom stereocenters. The van der Waals surface area contributed by atoms with Crippen LogP contribution >= 0.6 is 0 Å². The molecular formula is C80H140NO8+. The number of allylic oxidation sites excluding steroid dienone is 18. The maximum atomic E-state index is 13.0. The van der Waals surface area contributed by atoms with E-state index in [1.807, 2.05) is 21.1 Å². The molecule has 0 radical (unpaired) electrons. The van der Waals surface area contributed by atoms with E-state index in [2.05, 4.69) is 123 Å². The average Bonchev–Trinajstić information content (AvgIpc) is 3.70. The summed E-state index contributed by atoms with van der Waals surface area (Å²) in [7, 11) is 5.98. The molecule has 0 aromatic rings. The zero-order valence-corrected chi connectivity index (χ0v) is 58.6. The van der Waals surface area contributed by atoms with Gasteiger partial charge >= 0.3 is 17.9 Å². The average molecular weight is 1240 g/mol. The highest BCUT2D eigenvalue weighted by Gasteiger charge is 2.25. The number of unbranched alkanes of at least 4 members (excludes halogenated alkanes) is 35. The molecule has 0 aliphatic carbocycles. The first-order valence-electron chi connectivity index (χ1n) is 37.1. The number of ether oxygens (including phenoxy) is 4. The first-order chi connectivity index (χ1) is 43.6. The Morgan fingerprint density at radius 1 is 0.348 bits per heavy atom. The van der Waals surface area contributed by atoms with E-state index in [-0.39, 0.29) is 32.2 Å². The van der Waals surface area contributed by atoms with Crippen molar-refractivity contribution in [2.24, 2.45) is 0 Å². The number of carboxylic acid groups (broad SMARTS) is 1. The fourth-order valence-corrected chi connectivity index (χ4v) is 10.4. The lowest BCUT2D eigenvalue weighted by molar-refractivity contribution is -0.870. The molecule has 0 spiro atoms. The highest BCUT2D eigenvalue weighted by Crippen LogP contribution is 2.18. The summed E-state index contributed by atoms with van der Waals surface area (Å²) in [6.45, 7) is 4.78. The second kappa shape index (κ2) is 69.8. The maximum Gasteiger partial charge on any atom is 0.361 e. The molecule has 0 aliphatic rings. The van der Waals surface area contributed by atoms with Crippen molar-refractivity contribution >= 4 is 17.9 Å². The molecule has 0 aliphatic heterocycles. The standard InChI is InChI=1S/C80H139NO8/c1-6-8-10-12-14-16-18-20-22-24-26-28-30-32-34-35-36-37-38-39-40-41-42-43-45-47-49-51-53-55-57-59-61-63-65-67-69-71-78(83)89-76(75-88-80(79(84)85)86-73-72-81(3,4)5)74-87-77(82)70-68-66-64-62-60-58-56-54-52-50-48-46-44-33-31-29-27-25-23-21-19-17-15-13-11-9-7-2/h8,10,14,16,19-22,25-28,32,34,36-37,39-40,76,80H,6-7,9,11-13,15,17-18,23-24,29-31,33,35,38,41-75H2,1-5H3/p+1/b10-8-,16-14-,21-19-,22-20-,27-25-,28-26-,34-32-,37-36-,40-39-. The minimum absolute atomic E-state index is 0.183. The Morgan fingerprint density at radius 3 is 0.955 bits per heavy atom. The summed E-state index contributed by atoms with van der Waals surface area (Å²) in [6.07, 6.45) is 94.9. The molecule has 0 rings (SSSR count). The predicted molar refractivity (Wildman–Crippen MR) is 382 cm³/mol. The van der Waals surface area contributed by atoms with Crippen LogP contribution in [0.4, 0.5) is 0 Å². The van der Waals surface area contributed by atoms with Crippen LogP contribution in [0.3, 0.4) is 0 Å². The number of hydrogen-bond donors (Lipinski definition) is 1. The summed E-state index contributed by atoms with van der Waals surface area (Å²) >= 11 is 0. The van der Waals surface area contributed by atoms with Crippen molar-refractivity contribution in [2.75, 3.05) is 47.5 Å². The summed E-state index contributed by atoms with van der Waals surface area (Å²) in [5, 5.41) is 9.76. The lowest BCUT2D eigenvalue weighted by Crippen LogP contribution is -2.40. The number of carbonyl (C=O) groups is 3. The Balaban J connectivity index is 4.08. The third kappa shape index (κ3) is 71.3. The zero-order valence-electron chi connectivity index (χ0n) is 58.6. The van der Waals surface area contributed by atoms with Crippen molar-refractivity contribution in [3.8, 4) is 0 Å². The van der Waals surface area contributed by atoms with E-state index in [1.54, 1.807) is 0 Å². The number of likely N-dealkylation sites (N-methyl/N-ethyl adjacent to an activating group) is 1. The molecule has 0 saturated heterocycles. The lowest BCUT2D eigenvalue weighted by Gasteiger charge is -2.25. The topological polar surface area (TPSA) is 108 Å². The van der Waals surface area contributed by atoms with Crippen LogP contribution in [0.1, 0.15) is 322 Å². The maximum absolute atomic E-state index is 13.0. The number of rotatable bonds is 68. The molecule has 512 valence electrons. The van der Waals surface area contributed by atoms with Gasteiger partial charge < -0.3 is 28.5 Å². The van der Waals surface area contributed by atoms with Crippen LogP contribution in [0.15, 0.2) is 109 Å². The molecule has 9 heteroatoms. The quantitative estimate of drug-likeness (QED) is 0.0211.